The standard InChI is InChI=1S/C28H24Br2N2O4/c1-3-35-25-13-11-17(15-21(25)29)27(33)31-23-9-5-8-20-19(23)7-6-10-24(20)32-28(34)18-12-14-26(36-4-2)22(30)16-18/h5-16H,3-4H2,1-2H3,(H,31,33)(H,32,34). The second kappa shape index (κ2) is 11.6. The minimum Gasteiger partial charge on any atom is -0.493 e. The van der Waals surface area contributed by atoms with E-state index in [1.807, 2.05) is 50.2 Å². The molecule has 6 nitrogen and oxygen atoms in total. The van der Waals surface area contributed by atoms with Gasteiger partial charge in [-0.2, -0.15) is 0 Å². The predicted molar refractivity (Wildman–Crippen MR) is 150 cm³/mol. The summed E-state index contributed by atoms with van der Waals surface area (Å²) in [6.45, 7) is 4.88. The smallest absolute Gasteiger partial charge is 0.255 e. The Kier molecular flexibility index (Phi) is 8.28. The fraction of sp³-hybridized carbons (Fsp3) is 0.143. The van der Waals surface area contributed by atoms with Crippen LogP contribution in [0.5, 0.6) is 11.5 Å². The molecule has 0 saturated carbocycles. The molecule has 2 amide bonds. The van der Waals surface area contributed by atoms with Gasteiger partial charge in [-0.3, -0.25) is 9.59 Å². The van der Waals surface area contributed by atoms with Crippen LogP contribution in [0.4, 0.5) is 11.4 Å². The second-order valence-corrected chi connectivity index (χ2v) is 9.48. The number of rotatable bonds is 8. The molecule has 2 N–H and O–H groups in total. The van der Waals surface area contributed by atoms with Crippen LogP contribution in [0, 0.1) is 0 Å². The van der Waals surface area contributed by atoms with Gasteiger partial charge in [0.05, 0.1) is 22.2 Å². The van der Waals surface area contributed by atoms with Crippen LogP contribution < -0.4 is 20.1 Å². The minimum atomic E-state index is -0.250. The molecule has 0 radical (unpaired) electrons. The number of hydrogen-bond donors (Lipinski definition) is 2. The Labute approximate surface area is 226 Å². The zero-order valence-corrected chi connectivity index (χ0v) is 22.9. The first-order valence-electron chi connectivity index (χ1n) is 11.4. The molecule has 0 aliphatic heterocycles. The number of hydrogen-bond acceptors (Lipinski definition) is 4. The second-order valence-electron chi connectivity index (χ2n) is 7.77. The van der Waals surface area contributed by atoms with Crippen molar-refractivity contribution in [3.05, 3.63) is 92.9 Å². The van der Waals surface area contributed by atoms with Crippen LogP contribution in [0.3, 0.4) is 0 Å². The number of carbonyl (C=O) groups excluding carboxylic acids is 2. The third-order valence-electron chi connectivity index (χ3n) is 5.41. The summed E-state index contributed by atoms with van der Waals surface area (Å²) in [6.07, 6.45) is 0. The van der Waals surface area contributed by atoms with Crippen LogP contribution >= 0.6 is 31.9 Å². The molecule has 0 aliphatic carbocycles. The summed E-state index contributed by atoms with van der Waals surface area (Å²) >= 11 is 6.91. The minimum absolute atomic E-state index is 0.250. The lowest BCUT2D eigenvalue weighted by Crippen LogP contribution is -2.13. The summed E-state index contributed by atoms with van der Waals surface area (Å²) < 4.78 is 12.5. The molecule has 0 bridgehead atoms. The number of fused-ring (bicyclic) bond motifs is 1. The van der Waals surface area contributed by atoms with Gasteiger partial charge in [-0.05, 0) is 94.2 Å². The molecule has 8 heteroatoms. The molecule has 0 fully saturated rings. The first-order chi connectivity index (χ1) is 17.4. The number of anilines is 2. The third kappa shape index (κ3) is 5.71. The Morgan fingerprint density at radius 1 is 0.667 bits per heavy atom. The monoisotopic (exact) mass is 610 g/mol. The summed E-state index contributed by atoms with van der Waals surface area (Å²) in [5.41, 5.74) is 2.27. The van der Waals surface area contributed by atoms with Gasteiger partial charge in [0.25, 0.3) is 11.8 Å². The predicted octanol–water partition coefficient (Wildman–Crippen LogP) is 7.67. The first kappa shape index (κ1) is 25.7. The highest BCUT2D eigenvalue weighted by Crippen LogP contribution is 2.32. The van der Waals surface area contributed by atoms with E-state index in [9.17, 15) is 9.59 Å². The van der Waals surface area contributed by atoms with Gasteiger partial charge in [0.2, 0.25) is 0 Å². The number of nitrogens with one attached hydrogen (secondary N) is 2. The first-order valence-corrected chi connectivity index (χ1v) is 13.0. The van der Waals surface area contributed by atoms with Crippen molar-refractivity contribution in [2.45, 2.75) is 13.8 Å². The summed E-state index contributed by atoms with van der Waals surface area (Å²) in [5, 5.41) is 7.58. The van der Waals surface area contributed by atoms with Gasteiger partial charge >= 0.3 is 0 Å². The molecule has 0 aromatic heterocycles. The van der Waals surface area contributed by atoms with Crippen molar-refractivity contribution in [1.82, 2.24) is 0 Å². The van der Waals surface area contributed by atoms with Gasteiger partial charge in [-0.25, -0.2) is 0 Å². The Bertz CT molecular complexity index is 1330. The Morgan fingerprint density at radius 3 is 1.44 bits per heavy atom. The van der Waals surface area contributed by atoms with E-state index in [0.29, 0.717) is 56.2 Å². The molecule has 0 spiro atoms. The third-order valence-corrected chi connectivity index (χ3v) is 6.65. The maximum Gasteiger partial charge on any atom is 0.255 e. The van der Waals surface area contributed by atoms with Crippen LogP contribution in [-0.4, -0.2) is 25.0 Å². The van der Waals surface area contributed by atoms with E-state index >= 15 is 0 Å². The number of carbonyl (C=O) groups is 2. The van der Waals surface area contributed by atoms with Gasteiger partial charge in [-0.1, -0.05) is 24.3 Å². The van der Waals surface area contributed by atoms with E-state index in [1.165, 1.54) is 0 Å². The average Bonchev–Trinajstić information content (AvgIpc) is 2.87. The number of amides is 2. The van der Waals surface area contributed by atoms with Crippen LogP contribution in [0.15, 0.2) is 81.7 Å². The molecular formula is C28H24Br2N2O4. The molecular weight excluding hydrogens is 588 g/mol. The largest absolute Gasteiger partial charge is 0.493 e. The van der Waals surface area contributed by atoms with Gasteiger partial charge < -0.3 is 20.1 Å². The van der Waals surface area contributed by atoms with Crippen molar-refractivity contribution >= 4 is 65.8 Å². The fourth-order valence-electron chi connectivity index (χ4n) is 3.75. The summed E-state index contributed by atoms with van der Waals surface area (Å²) in [7, 11) is 0. The molecule has 4 aromatic rings. The highest BCUT2D eigenvalue weighted by molar-refractivity contribution is 9.10. The molecule has 0 atom stereocenters. The average molecular weight is 612 g/mol. The lowest BCUT2D eigenvalue weighted by molar-refractivity contribution is 0.101. The molecule has 0 heterocycles. The molecule has 4 rings (SSSR count). The fourth-order valence-corrected chi connectivity index (χ4v) is 4.73. The van der Waals surface area contributed by atoms with Crippen molar-refractivity contribution in [2.24, 2.45) is 0 Å². The Morgan fingerprint density at radius 2 is 1.08 bits per heavy atom. The molecule has 0 aliphatic rings. The summed E-state index contributed by atoms with van der Waals surface area (Å²) in [4.78, 5) is 26.0. The van der Waals surface area contributed by atoms with E-state index in [0.717, 1.165) is 10.8 Å². The highest BCUT2D eigenvalue weighted by atomic mass is 79.9. The Balaban J connectivity index is 1.57. The molecule has 4 aromatic carbocycles. The van der Waals surface area contributed by atoms with E-state index in [2.05, 4.69) is 42.5 Å². The number of ether oxygens (including phenoxy) is 2. The zero-order chi connectivity index (χ0) is 25.7. The maximum atomic E-state index is 13.0. The topological polar surface area (TPSA) is 76.7 Å². The SMILES string of the molecule is CCOc1ccc(C(=O)Nc2cccc3c(NC(=O)c4ccc(OCC)c(Br)c4)cccc23)cc1Br. The molecule has 36 heavy (non-hydrogen) atoms. The lowest BCUT2D eigenvalue weighted by Gasteiger charge is -2.14. The van der Waals surface area contributed by atoms with Crippen LogP contribution in [0.25, 0.3) is 10.8 Å². The van der Waals surface area contributed by atoms with Crippen LogP contribution in [0.2, 0.25) is 0 Å². The van der Waals surface area contributed by atoms with E-state index in [-0.39, 0.29) is 11.8 Å². The molecule has 0 saturated heterocycles. The van der Waals surface area contributed by atoms with E-state index in [1.54, 1.807) is 36.4 Å². The maximum absolute atomic E-state index is 13.0. The van der Waals surface area contributed by atoms with Crippen molar-refractivity contribution in [2.75, 3.05) is 23.8 Å². The Hall–Kier alpha value is -3.36. The molecule has 184 valence electrons. The van der Waals surface area contributed by atoms with Crippen molar-refractivity contribution in [1.29, 1.82) is 0 Å². The lowest BCUT2D eigenvalue weighted by atomic mass is 10.1. The van der Waals surface area contributed by atoms with Crippen LogP contribution in [-0.2, 0) is 0 Å². The summed E-state index contributed by atoms with van der Waals surface area (Å²) in [5.74, 6) is 0.859. The number of benzene rings is 4. The quantitative estimate of drug-likeness (QED) is 0.214. The highest BCUT2D eigenvalue weighted by Gasteiger charge is 2.14. The van der Waals surface area contributed by atoms with Crippen molar-refractivity contribution < 1.29 is 19.1 Å². The van der Waals surface area contributed by atoms with Gasteiger partial charge in [0, 0.05) is 33.3 Å². The summed E-state index contributed by atoms with van der Waals surface area (Å²) in [6, 6.07) is 21.6. The van der Waals surface area contributed by atoms with Gasteiger partial charge in [0.15, 0.2) is 0 Å². The van der Waals surface area contributed by atoms with E-state index in [4.69, 9.17) is 9.47 Å². The van der Waals surface area contributed by atoms with Crippen molar-refractivity contribution in [3.63, 3.8) is 0 Å². The normalized spacial score (nSPS) is 10.7. The van der Waals surface area contributed by atoms with Crippen molar-refractivity contribution in [3.8, 4) is 11.5 Å². The zero-order valence-electron chi connectivity index (χ0n) is 19.7. The van der Waals surface area contributed by atoms with Crippen LogP contribution in [0.1, 0.15) is 34.6 Å². The number of halogens is 2. The van der Waals surface area contributed by atoms with Gasteiger partial charge in [0.1, 0.15) is 11.5 Å². The van der Waals surface area contributed by atoms with E-state index < -0.39 is 0 Å². The van der Waals surface area contributed by atoms with Gasteiger partial charge in [-0.15, -0.1) is 0 Å². The molecule has 0 unspecified atom stereocenters.